The minimum Gasteiger partial charge on any atom is -0.395 e. The summed E-state index contributed by atoms with van der Waals surface area (Å²) in [4.78, 5) is 21.8. The molecule has 3 rings (SSSR count). The van der Waals surface area contributed by atoms with Crippen molar-refractivity contribution in [2.24, 2.45) is 0 Å². The Morgan fingerprint density at radius 2 is 1.92 bits per heavy atom. The molecule has 0 spiro atoms. The molecule has 1 atom stereocenters. The lowest BCUT2D eigenvalue weighted by Gasteiger charge is -2.38. The monoisotopic (exact) mass is 345 g/mol. The van der Waals surface area contributed by atoms with E-state index in [4.69, 9.17) is 0 Å². The number of aliphatic hydroxyl groups excluding tert-OH is 1. The molecule has 25 heavy (non-hydrogen) atoms. The van der Waals surface area contributed by atoms with Gasteiger partial charge in [0.2, 0.25) is 0 Å². The zero-order valence-electron chi connectivity index (χ0n) is 15.5. The van der Waals surface area contributed by atoms with Crippen LogP contribution in [-0.2, 0) is 0 Å². The molecule has 7 heteroatoms. The van der Waals surface area contributed by atoms with Gasteiger partial charge in [0.25, 0.3) is 5.91 Å². The number of amides is 1. The largest absolute Gasteiger partial charge is 0.395 e. The lowest BCUT2D eigenvalue weighted by atomic mass is 10.1. The van der Waals surface area contributed by atoms with Gasteiger partial charge in [0.05, 0.1) is 12.3 Å². The minimum absolute atomic E-state index is 0.00157. The number of fused-ring (bicyclic) bond motifs is 1. The topological polar surface area (TPSA) is 74.0 Å². The van der Waals surface area contributed by atoms with Crippen LogP contribution in [0.3, 0.4) is 0 Å². The predicted octanol–water partition coefficient (Wildman–Crippen LogP) is 1.18. The second kappa shape index (κ2) is 7.09. The third-order valence-electron chi connectivity index (χ3n) is 5.08. The zero-order chi connectivity index (χ0) is 18.1. The molecule has 1 fully saturated rings. The molecule has 0 aliphatic carbocycles. The van der Waals surface area contributed by atoms with Gasteiger partial charge in [-0.3, -0.25) is 9.69 Å². The number of piperazine rings is 1. The number of nitrogens with zero attached hydrogens (tertiary/aromatic N) is 5. The quantitative estimate of drug-likeness (QED) is 0.901. The van der Waals surface area contributed by atoms with Crippen molar-refractivity contribution in [3.63, 3.8) is 0 Å². The summed E-state index contributed by atoms with van der Waals surface area (Å²) >= 11 is 0. The number of aromatic nitrogens is 3. The number of hydrogen-bond acceptors (Lipinski definition) is 5. The molecule has 1 unspecified atom stereocenters. The van der Waals surface area contributed by atoms with E-state index < -0.39 is 0 Å². The Morgan fingerprint density at radius 3 is 2.52 bits per heavy atom. The summed E-state index contributed by atoms with van der Waals surface area (Å²) in [5.41, 5.74) is 3.83. The van der Waals surface area contributed by atoms with E-state index in [1.165, 1.54) is 0 Å². The molecule has 3 heterocycles. The highest BCUT2D eigenvalue weighted by Gasteiger charge is 2.29. The van der Waals surface area contributed by atoms with E-state index >= 15 is 0 Å². The third-order valence-corrected chi connectivity index (χ3v) is 5.08. The Bertz CT molecular complexity index is 773. The standard InChI is InChI=1S/C18H27N5O2/c1-5-15(11-24)21-6-8-22(9-7-21)18(25)16-14(4)20-23-13(3)10-12(2)19-17(16)23/h10,15,24H,5-9,11H2,1-4H3. The van der Waals surface area contributed by atoms with E-state index in [9.17, 15) is 9.90 Å². The molecule has 0 bridgehead atoms. The molecule has 1 saturated heterocycles. The Morgan fingerprint density at radius 1 is 1.24 bits per heavy atom. The minimum atomic E-state index is 0.00157. The van der Waals surface area contributed by atoms with Crippen LogP contribution in [0, 0.1) is 20.8 Å². The summed E-state index contributed by atoms with van der Waals surface area (Å²) in [6.07, 6.45) is 0.917. The molecule has 2 aromatic heterocycles. The number of carbonyl (C=O) groups excluding carboxylic acids is 1. The van der Waals surface area contributed by atoms with Gasteiger partial charge in [-0.25, -0.2) is 9.50 Å². The van der Waals surface area contributed by atoms with E-state index in [-0.39, 0.29) is 18.6 Å². The Labute approximate surface area is 148 Å². The van der Waals surface area contributed by atoms with Crippen molar-refractivity contribution in [3.05, 3.63) is 28.7 Å². The maximum atomic E-state index is 13.1. The summed E-state index contributed by atoms with van der Waals surface area (Å²) in [6.45, 7) is 10.9. The molecular weight excluding hydrogens is 318 g/mol. The first-order chi connectivity index (χ1) is 12.0. The van der Waals surface area contributed by atoms with Crippen LogP contribution in [-0.4, -0.2) is 74.2 Å². The van der Waals surface area contributed by atoms with Crippen molar-refractivity contribution in [3.8, 4) is 0 Å². The SMILES string of the molecule is CCC(CO)N1CCN(C(=O)c2c(C)nn3c(C)cc(C)nc23)CC1. The average molecular weight is 345 g/mol. The highest BCUT2D eigenvalue weighted by molar-refractivity contribution is 6.01. The van der Waals surface area contributed by atoms with Crippen LogP contribution in [0.2, 0.25) is 0 Å². The maximum Gasteiger partial charge on any atom is 0.259 e. The average Bonchev–Trinajstić information content (AvgIpc) is 2.92. The lowest BCUT2D eigenvalue weighted by Crippen LogP contribution is -2.52. The molecule has 1 aliphatic heterocycles. The van der Waals surface area contributed by atoms with E-state index in [1.54, 1.807) is 4.52 Å². The van der Waals surface area contributed by atoms with Gasteiger partial charge in [0.1, 0.15) is 5.56 Å². The Balaban J connectivity index is 1.83. The number of rotatable bonds is 4. The molecular formula is C18H27N5O2. The maximum absolute atomic E-state index is 13.1. The first kappa shape index (κ1) is 17.8. The molecule has 1 aliphatic rings. The van der Waals surface area contributed by atoms with Crippen molar-refractivity contribution < 1.29 is 9.90 Å². The Kier molecular flexibility index (Phi) is 5.06. The van der Waals surface area contributed by atoms with Crippen LogP contribution >= 0.6 is 0 Å². The summed E-state index contributed by atoms with van der Waals surface area (Å²) in [7, 11) is 0. The number of hydrogen-bond donors (Lipinski definition) is 1. The molecule has 2 aromatic rings. The fourth-order valence-electron chi connectivity index (χ4n) is 3.63. The van der Waals surface area contributed by atoms with E-state index in [1.807, 2.05) is 31.7 Å². The molecule has 0 aromatic carbocycles. The summed E-state index contributed by atoms with van der Waals surface area (Å²) < 4.78 is 1.75. The second-order valence-corrected chi connectivity index (χ2v) is 6.81. The molecule has 136 valence electrons. The van der Waals surface area contributed by atoms with Gasteiger partial charge in [-0.1, -0.05) is 6.92 Å². The van der Waals surface area contributed by atoms with Crippen molar-refractivity contribution >= 4 is 11.6 Å². The predicted molar refractivity (Wildman–Crippen MR) is 95.8 cm³/mol. The number of aliphatic hydroxyl groups is 1. The van der Waals surface area contributed by atoms with Gasteiger partial charge in [-0.05, 0) is 33.3 Å². The van der Waals surface area contributed by atoms with Gasteiger partial charge < -0.3 is 10.0 Å². The molecule has 0 saturated carbocycles. The van der Waals surface area contributed by atoms with Crippen molar-refractivity contribution in [1.29, 1.82) is 0 Å². The number of carbonyl (C=O) groups is 1. The van der Waals surface area contributed by atoms with E-state index in [2.05, 4.69) is 21.9 Å². The normalized spacial score (nSPS) is 17.2. The van der Waals surface area contributed by atoms with Crippen LogP contribution in [0.15, 0.2) is 6.07 Å². The molecule has 1 amide bonds. The van der Waals surface area contributed by atoms with Gasteiger partial charge in [0, 0.05) is 43.6 Å². The first-order valence-electron chi connectivity index (χ1n) is 8.94. The van der Waals surface area contributed by atoms with Crippen LogP contribution in [0.25, 0.3) is 5.65 Å². The zero-order valence-corrected chi connectivity index (χ0v) is 15.5. The third kappa shape index (κ3) is 3.26. The van der Waals surface area contributed by atoms with Crippen molar-refractivity contribution in [1.82, 2.24) is 24.4 Å². The van der Waals surface area contributed by atoms with E-state index in [0.717, 1.165) is 36.6 Å². The molecule has 0 radical (unpaired) electrons. The fraction of sp³-hybridized carbons (Fsp3) is 0.611. The van der Waals surface area contributed by atoms with Gasteiger partial charge >= 0.3 is 0 Å². The number of aryl methyl sites for hydroxylation is 3. The first-order valence-corrected chi connectivity index (χ1v) is 8.94. The molecule has 1 N–H and O–H groups in total. The second-order valence-electron chi connectivity index (χ2n) is 6.81. The highest BCUT2D eigenvalue weighted by Crippen LogP contribution is 2.20. The van der Waals surface area contributed by atoms with Crippen LogP contribution in [0.4, 0.5) is 0 Å². The van der Waals surface area contributed by atoms with Crippen LogP contribution < -0.4 is 0 Å². The van der Waals surface area contributed by atoms with Crippen molar-refractivity contribution in [2.45, 2.75) is 40.2 Å². The smallest absolute Gasteiger partial charge is 0.259 e. The van der Waals surface area contributed by atoms with Gasteiger partial charge in [-0.15, -0.1) is 0 Å². The van der Waals surface area contributed by atoms with Gasteiger partial charge in [0.15, 0.2) is 5.65 Å². The van der Waals surface area contributed by atoms with E-state index in [0.29, 0.717) is 24.3 Å². The summed E-state index contributed by atoms with van der Waals surface area (Å²) in [5, 5.41) is 14.0. The Hall–Kier alpha value is -1.99. The van der Waals surface area contributed by atoms with Gasteiger partial charge in [-0.2, -0.15) is 5.10 Å². The highest BCUT2D eigenvalue weighted by atomic mass is 16.3. The van der Waals surface area contributed by atoms with Crippen LogP contribution in [0.1, 0.15) is 40.8 Å². The fourth-order valence-corrected chi connectivity index (χ4v) is 3.63. The summed E-state index contributed by atoms with van der Waals surface area (Å²) in [6, 6.07) is 2.15. The van der Waals surface area contributed by atoms with Crippen LogP contribution in [0.5, 0.6) is 0 Å². The summed E-state index contributed by atoms with van der Waals surface area (Å²) in [5.74, 6) is 0.00157. The molecule has 7 nitrogen and oxygen atoms in total. The van der Waals surface area contributed by atoms with Crippen molar-refractivity contribution in [2.75, 3.05) is 32.8 Å². The lowest BCUT2D eigenvalue weighted by molar-refractivity contribution is 0.0473.